The number of hydrogen-bond donors (Lipinski definition) is 1. The van der Waals surface area contributed by atoms with Crippen molar-refractivity contribution in [1.82, 2.24) is 9.21 Å². The Bertz CT molecular complexity index is 569. The summed E-state index contributed by atoms with van der Waals surface area (Å²) in [6.45, 7) is 8.57. The fraction of sp³-hybridized carbons (Fsp3) is 0.600. The molecule has 1 saturated heterocycles. The van der Waals surface area contributed by atoms with E-state index in [2.05, 4.69) is 18.7 Å². The van der Waals surface area contributed by atoms with E-state index in [0.717, 1.165) is 18.7 Å². The second-order valence-corrected chi connectivity index (χ2v) is 7.52. The first-order valence-electron chi connectivity index (χ1n) is 7.38. The van der Waals surface area contributed by atoms with Crippen LogP contribution < -0.4 is 0 Å². The minimum Gasteiger partial charge on any atom is -0.389 e. The Morgan fingerprint density at radius 2 is 1.90 bits per heavy atom. The molecule has 0 spiro atoms. The van der Waals surface area contributed by atoms with Crippen molar-refractivity contribution >= 4 is 10.0 Å². The van der Waals surface area contributed by atoms with E-state index in [1.807, 2.05) is 0 Å². The summed E-state index contributed by atoms with van der Waals surface area (Å²) < 4.78 is 26.9. The van der Waals surface area contributed by atoms with Crippen molar-refractivity contribution in [3.05, 3.63) is 29.8 Å². The number of likely N-dealkylation sites (N-methyl/N-ethyl adjacent to an activating group) is 1. The molecule has 5 nitrogen and oxygen atoms in total. The Labute approximate surface area is 127 Å². The quantitative estimate of drug-likeness (QED) is 0.914. The molecule has 0 bridgehead atoms. The maximum Gasteiger partial charge on any atom is 0.243 e. The molecular weight excluding hydrogens is 288 g/mol. The van der Waals surface area contributed by atoms with Crippen molar-refractivity contribution in [2.45, 2.75) is 37.8 Å². The number of aliphatic hydroxyl groups excluding tert-OH is 1. The van der Waals surface area contributed by atoms with Gasteiger partial charge in [-0.25, -0.2) is 8.42 Å². The molecule has 1 aliphatic rings. The number of rotatable bonds is 4. The Kier molecular flexibility index (Phi) is 5.03. The predicted octanol–water partition coefficient (Wildman–Crippen LogP) is 1.45. The summed E-state index contributed by atoms with van der Waals surface area (Å²) in [5.74, 6) is 0. The molecule has 6 heteroatoms. The second-order valence-electron chi connectivity index (χ2n) is 5.59. The van der Waals surface area contributed by atoms with Crippen LogP contribution in [0.4, 0.5) is 0 Å². The summed E-state index contributed by atoms with van der Waals surface area (Å²) in [6.07, 6.45) is -0.588. The first-order chi connectivity index (χ1) is 9.86. The van der Waals surface area contributed by atoms with Gasteiger partial charge in [0.2, 0.25) is 10.0 Å². The molecule has 1 fully saturated rings. The van der Waals surface area contributed by atoms with Gasteiger partial charge in [-0.1, -0.05) is 19.1 Å². The fourth-order valence-electron chi connectivity index (χ4n) is 2.72. The lowest BCUT2D eigenvalue weighted by molar-refractivity contribution is 0.135. The van der Waals surface area contributed by atoms with Crippen LogP contribution in [0, 0.1) is 0 Å². The third-order valence-corrected chi connectivity index (χ3v) is 6.01. The van der Waals surface area contributed by atoms with Crippen LogP contribution >= 0.6 is 0 Å². The van der Waals surface area contributed by atoms with Gasteiger partial charge in [-0.05, 0) is 38.1 Å². The van der Waals surface area contributed by atoms with Gasteiger partial charge >= 0.3 is 0 Å². The van der Waals surface area contributed by atoms with Gasteiger partial charge < -0.3 is 5.11 Å². The highest BCUT2D eigenvalue weighted by Crippen LogP contribution is 2.22. The molecular formula is C15H24N2O3S. The summed E-state index contributed by atoms with van der Waals surface area (Å²) in [5.41, 5.74) is 0.720. The zero-order valence-electron chi connectivity index (χ0n) is 12.9. The number of aliphatic hydroxyl groups is 1. The van der Waals surface area contributed by atoms with Crippen molar-refractivity contribution < 1.29 is 13.5 Å². The average molecular weight is 312 g/mol. The first kappa shape index (κ1) is 16.4. The van der Waals surface area contributed by atoms with Gasteiger partial charge in [-0.15, -0.1) is 0 Å². The molecule has 0 saturated carbocycles. The topological polar surface area (TPSA) is 60.9 Å². The Hall–Kier alpha value is -0.950. The highest BCUT2D eigenvalue weighted by atomic mass is 32.2. The lowest BCUT2D eigenvalue weighted by Gasteiger charge is -2.38. The van der Waals surface area contributed by atoms with Gasteiger partial charge in [-0.2, -0.15) is 4.31 Å². The number of sulfonamides is 1. The summed E-state index contributed by atoms with van der Waals surface area (Å²) >= 11 is 0. The van der Waals surface area contributed by atoms with Crippen LogP contribution in [0.5, 0.6) is 0 Å². The number of nitrogens with zero attached hydrogens (tertiary/aromatic N) is 2. The van der Waals surface area contributed by atoms with E-state index < -0.39 is 16.1 Å². The molecule has 0 amide bonds. The van der Waals surface area contributed by atoms with Gasteiger partial charge in [0.25, 0.3) is 0 Å². The maximum absolute atomic E-state index is 12.7. The Morgan fingerprint density at radius 3 is 2.38 bits per heavy atom. The lowest BCUT2D eigenvalue weighted by Crippen LogP contribution is -2.53. The van der Waals surface area contributed by atoms with Gasteiger partial charge in [0.1, 0.15) is 0 Å². The predicted molar refractivity (Wildman–Crippen MR) is 82.5 cm³/mol. The van der Waals surface area contributed by atoms with Crippen molar-refractivity contribution in [3.63, 3.8) is 0 Å². The summed E-state index contributed by atoms with van der Waals surface area (Å²) in [6, 6.07) is 6.73. The molecule has 1 aliphatic heterocycles. The van der Waals surface area contributed by atoms with Crippen molar-refractivity contribution in [2.75, 3.05) is 26.2 Å². The van der Waals surface area contributed by atoms with E-state index in [1.54, 1.807) is 35.5 Å². The highest BCUT2D eigenvalue weighted by molar-refractivity contribution is 7.89. The Balaban J connectivity index is 2.18. The minimum absolute atomic E-state index is 0.232. The van der Waals surface area contributed by atoms with Crippen LogP contribution in [0.25, 0.3) is 0 Å². The monoisotopic (exact) mass is 312 g/mol. The standard InChI is InChI=1S/C15H24N2O3S/c1-4-16-9-10-17(11-12(16)2)21(19,20)15-7-5-14(6-8-15)13(3)18/h5-8,12-13,18H,4,9-11H2,1-3H3. The van der Waals surface area contributed by atoms with Crippen LogP contribution in [0.15, 0.2) is 29.2 Å². The van der Waals surface area contributed by atoms with Crippen molar-refractivity contribution in [1.29, 1.82) is 0 Å². The first-order valence-corrected chi connectivity index (χ1v) is 8.82. The molecule has 0 radical (unpaired) electrons. The number of benzene rings is 1. The fourth-order valence-corrected chi connectivity index (χ4v) is 4.23. The minimum atomic E-state index is -3.44. The van der Waals surface area contributed by atoms with E-state index in [1.165, 1.54) is 0 Å². The van der Waals surface area contributed by atoms with Crippen LogP contribution in [0.3, 0.4) is 0 Å². The SMILES string of the molecule is CCN1CCN(S(=O)(=O)c2ccc(C(C)O)cc2)CC1C. The molecule has 1 aromatic carbocycles. The smallest absolute Gasteiger partial charge is 0.243 e. The zero-order chi connectivity index (χ0) is 15.6. The molecule has 2 atom stereocenters. The normalized spacial score (nSPS) is 23.1. The average Bonchev–Trinajstić information content (AvgIpc) is 2.47. The van der Waals surface area contributed by atoms with Crippen LogP contribution in [-0.2, 0) is 10.0 Å². The van der Waals surface area contributed by atoms with Gasteiger partial charge in [0.15, 0.2) is 0 Å². The van der Waals surface area contributed by atoms with Gasteiger partial charge in [0, 0.05) is 25.7 Å². The molecule has 2 rings (SSSR count). The van der Waals surface area contributed by atoms with Crippen LogP contribution in [-0.4, -0.2) is 55.0 Å². The molecule has 118 valence electrons. The third kappa shape index (κ3) is 3.45. The van der Waals surface area contributed by atoms with E-state index in [4.69, 9.17) is 0 Å². The van der Waals surface area contributed by atoms with Crippen molar-refractivity contribution in [2.24, 2.45) is 0 Å². The molecule has 0 aliphatic carbocycles. The van der Waals surface area contributed by atoms with E-state index in [-0.39, 0.29) is 6.04 Å². The van der Waals surface area contributed by atoms with Crippen molar-refractivity contribution in [3.8, 4) is 0 Å². The van der Waals surface area contributed by atoms with Crippen LogP contribution in [0.1, 0.15) is 32.4 Å². The van der Waals surface area contributed by atoms with Gasteiger partial charge in [0.05, 0.1) is 11.0 Å². The van der Waals surface area contributed by atoms with Gasteiger partial charge in [-0.3, -0.25) is 4.90 Å². The third-order valence-electron chi connectivity index (χ3n) is 4.13. The maximum atomic E-state index is 12.7. The molecule has 1 heterocycles. The molecule has 21 heavy (non-hydrogen) atoms. The number of hydrogen-bond acceptors (Lipinski definition) is 4. The molecule has 1 aromatic rings. The number of piperazine rings is 1. The second kappa shape index (κ2) is 6.44. The van der Waals surface area contributed by atoms with E-state index >= 15 is 0 Å². The molecule has 0 aromatic heterocycles. The van der Waals surface area contributed by atoms with E-state index in [0.29, 0.717) is 18.0 Å². The van der Waals surface area contributed by atoms with Crippen LogP contribution in [0.2, 0.25) is 0 Å². The molecule has 2 unspecified atom stereocenters. The highest BCUT2D eigenvalue weighted by Gasteiger charge is 2.31. The zero-order valence-corrected chi connectivity index (χ0v) is 13.7. The lowest BCUT2D eigenvalue weighted by atomic mass is 10.1. The summed E-state index contributed by atoms with van der Waals surface area (Å²) in [7, 11) is -3.44. The summed E-state index contributed by atoms with van der Waals surface area (Å²) in [4.78, 5) is 2.58. The summed E-state index contributed by atoms with van der Waals surface area (Å²) in [5, 5.41) is 9.49. The van der Waals surface area contributed by atoms with E-state index in [9.17, 15) is 13.5 Å². The largest absolute Gasteiger partial charge is 0.389 e. The molecule has 1 N–H and O–H groups in total. The Morgan fingerprint density at radius 1 is 1.29 bits per heavy atom.